The highest BCUT2D eigenvalue weighted by molar-refractivity contribution is 6.46. The number of aliphatic hydroxyl groups excluding tert-OH is 1. The van der Waals surface area contributed by atoms with E-state index < -0.39 is 17.7 Å². The van der Waals surface area contributed by atoms with Crippen molar-refractivity contribution in [1.29, 1.82) is 0 Å². The van der Waals surface area contributed by atoms with Crippen molar-refractivity contribution in [3.8, 4) is 17.2 Å². The van der Waals surface area contributed by atoms with E-state index in [2.05, 4.69) is 4.90 Å². The van der Waals surface area contributed by atoms with Crippen LogP contribution < -0.4 is 9.47 Å². The summed E-state index contributed by atoms with van der Waals surface area (Å²) in [5, 5.41) is 21.6. The van der Waals surface area contributed by atoms with E-state index >= 15 is 0 Å². The Morgan fingerprint density at radius 2 is 1.86 bits per heavy atom. The minimum Gasteiger partial charge on any atom is -0.507 e. The lowest BCUT2D eigenvalue weighted by Crippen LogP contribution is -2.42. The van der Waals surface area contributed by atoms with Crippen molar-refractivity contribution < 1.29 is 34.0 Å². The Kier molecular flexibility index (Phi) is 7.81. The van der Waals surface area contributed by atoms with Crippen molar-refractivity contribution in [3.63, 3.8) is 0 Å². The van der Waals surface area contributed by atoms with E-state index in [-0.39, 0.29) is 22.8 Å². The van der Waals surface area contributed by atoms with Gasteiger partial charge < -0.3 is 29.3 Å². The van der Waals surface area contributed by atoms with Gasteiger partial charge in [-0.3, -0.25) is 14.5 Å². The maximum atomic E-state index is 13.3. The van der Waals surface area contributed by atoms with Gasteiger partial charge in [-0.25, -0.2) is 0 Å². The molecule has 2 aromatic rings. The van der Waals surface area contributed by atoms with Crippen LogP contribution in [0.4, 0.5) is 0 Å². The van der Waals surface area contributed by atoms with Gasteiger partial charge in [-0.1, -0.05) is 6.07 Å². The first-order valence-electron chi connectivity index (χ1n) is 12.0. The number of benzene rings is 2. The molecule has 2 saturated heterocycles. The zero-order valence-electron chi connectivity index (χ0n) is 20.8. The van der Waals surface area contributed by atoms with Crippen molar-refractivity contribution >= 4 is 17.4 Å². The molecule has 1 atom stereocenters. The lowest BCUT2D eigenvalue weighted by atomic mass is 9.93. The largest absolute Gasteiger partial charge is 0.507 e. The second-order valence-electron chi connectivity index (χ2n) is 8.79. The van der Waals surface area contributed by atoms with Gasteiger partial charge in [-0.05, 0) is 55.3 Å². The van der Waals surface area contributed by atoms with Crippen LogP contribution in [0.5, 0.6) is 17.2 Å². The summed E-state index contributed by atoms with van der Waals surface area (Å²) in [7, 11) is 1.55. The molecule has 2 aliphatic heterocycles. The number of rotatable bonds is 8. The molecule has 192 valence electrons. The van der Waals surface area contributed by atoms with Crippen LogP contribution in [-0.4, -0.2) is 84.8 Å². The van der Waals surface area contributed by atoms with Crippen LogP contribution in [0.25, 0.3) is 5.76 Å². The normalized spacial score (nSPS) is 20.1. The number of hydrogen-bond donors (Lipinski definition) is 2. The number of nitrogens with zero attached hydrogens (tertiary/aromatic N) is 2. The highest BCUT2D eigenvalue weighted by atomic mass is 16.5. The van der Waals surface area contributed by atoms with Gasteiger partial charge in [0.25, 0.3) is 11.7 Å². The number of likely N-dealkylation sites (tertiary alicyclic amines) is 1. The fourth-order valence-corrected chi connectivity index (χ4v) is 4.68. The van der Waals surface area contributed by atoms with E-state index in [1.54, 1.807) is 51.3 Å². The number of amides is 1. The number of methoxy groups -OCH3 is 1. The van der Waals surface area contributed by atoms with E-state index in [9.17, 15) is 19.8 Å². The molecule has 0 radical (unpaired) electrons. The Balaban J connectivity index is 1.79. The summed E-state index contributed by atoms with van der Waals surface area (Å²) in [4.78, 5) is 30.3. The SMILES string of the molecule is CCOc1cc([C@H]2C(=C(O)c3ccc(OC)cc3C)C(=O)C(=O)N2CCN2CCOCC2)ccc1O. The quantitative estimate of drug-likeness (QED) is 0.326. The Bertz CT molecular complexity index is 1170. The average Bonchev–Trinajstić information content (AvgIpc) is 3.14. The van der Waals surface area contributed by atoms with Gasteiger partial charge in [0.1, 0.15) is 11.5 Å². The molecule has 2 heterocycles. The summed E-state index contributed by atoms with van der Waals surface area (Å²) in [6.07, 6.45) is 0. The summed E-state index contributed by atoms with van der Waals surface area (Å²) in [5.41, 5.74) is 1.70. The molecular weight excluding hydrogens is 464 g/mol. The highest BCUT2D eigenvalue weighted by Crippen LogP contribution is 2.42. The number of phenolic OH excluding ortho intramolecular Hbond substituents is 1. The van der Waals surface area contributed by atoms with Gasteiger partial charge in [0.2, 0.25) is 0 Å². The number of carbonyl (C=O) groups excluding carboxylic acids is 2. The number of aryl methyl sites for hydroxylation is 1. The monoisotopic (exact) mass is 496 g/mol. The Morgan fingerprint density at radius 3 is 2.53 bits per heavy atom. The molecule has 9 heteroatoms. The predicted octanol–water partition coefficient (Wildman–Crippen LogP) is 2.86. The van der Waals surface area contributed by atoms with Gasteiger partial charge in [0, 0.05) is 31.7 Å². The smallest absolute Gasteiger partial charge is 0.295 e. The molecule has 0 aliphatic carbocycles. The molecule has 2 fully saturated rings. The van der Waals surface area contributed by atoms with Gasteiger partial charge in [0.05, 0.1) is 38.5 Å². The molecule has 2 N–H and O–H groups in total. The van der Waals surface area contributed by atoms with Crippen molar-refractivity contribution in [2.24, 2.45) is 0 Å². The van der Waals surface area contributed by atoms with E-state index in [1.807, 2.05) is 0 Å². The second-order valence-corrected chi connectivity index (χ2v) is 8.79. The van der Waals surface area contributed by atoms with Crippen LogP contribution in [-0.2, 0) is 14.3 Å². The summed E-state index contributed by atoms with van der Waals surface area (Å²) < 4.78 is 16.2. The van der Waals surface area contributed by atoms with E-state index in [0.717, 1.165) is 13.1 Å². The Hall–Kier alpha value is -3.56. The van der Waals surface area contributed by atoms with Gasteiger partial charge in [-0.2, -0.15) is 0 Å². The van der Waals surface area contributed by atoms with Crippen LogP contribution in [0.1, 0.15) is 29.7 Å². The first kappa shape index (κ1) is 25.5. The molecule has 9 nitrogen and oxygen atoms in total. The minimum absolute atomic E-state index is 0.00313. The minimum atomic E-state index is -0.840. The zero-order chi connectivity index (χ0) is 25.8. The number of morpholine rings is 1. The number of Topliss-reactive ketones (excluding diaryl/α,β-unsaturated/α-hetero) is 1. The van der Waals surface area contributed by atoms with Crippen molar-refractivity contribution in [2.75, 3.05) is 53.1 Å². The summed E-state index contributed by atoms with van der Waals surface area (Å²) in [6.45, 7) is 7.51. The van der Waals surface area contributed by atoms with Gasteiger partial charge in [0.15, 0.2) is 11.5 Å². The molecular formula is C27H32N2O7. The van der Waals surface area contributed by atoms with E-state index in [0.29, 0.717) is 55.4 Å². The van der Waals surface area contributed by atoms with Crippen LogP contribution >= 0.6 is 0 Å². The molecule has 0 aromatic heterocycles. The third-order valence-corrected chi connectivity index (χ3v) is 6.59. The number of aliphatic hydroxyl groups is 1. The second kappa shape index (κ2) is 11.0. The van der Waals surface area contributed by atoms with Crippen molar-refractivity contribution in [2.45, 2.75) is 19.9 Å². The van der Waals surface area contributed by atoms with Crippen LogP contribution in [0.15, 0.2) is 42.0 Å². The van der Waals surface area contributed by atoms with Crippen LogP contribution in [0.2, 0.25) is 0 Å². The fraction of sp³-hybridized carbons (Fsp3) is 0.407. The molecule has 0 saturated carbocycles. The number of aromatic hydroxyl groups is 1. The topological polar surface area (TPSA) is 109 Å². The first-order valence-corrected chi connectivity index (χ1v) is 12.0. The molecule has 2 aromatic carbocycles. The maximum Gasteiger partial charge on any atom is 0.295 e. The van der Waals surface area contributed by atoms with E-state index in [1.165, 1.54) is 11.0 Å². The molecule has 36 heavy (non-hydrogen) atoms. The Morgan fingerprint density at radius 1 is 1.11 bits per heavy atom. The van der Waals surface area contributed by atoms with Gasteiger partial charge in [-0.15, -0.1) is 0 Å². The first-order chi connectivity index (χ1) is 17.3. The van der Waals surface area contributed by atoms with Crippen LogP contribution in [0.3, 0.4) is 0 Å². The zero-order valence-corrected chi connectivity index (χ0v) is 20.8. The van der Waals surface area contributed by atoms with Crippen LogP contribution in [0, 0.1) is 6.92 Å². The lowest BCUT2D eigenvalue weighted by molar-refractivity contribution is -0.140. The summed E-state index contributed by atoms with van der Waals surface area (Å²) in [6, 6.07) is 9.01. The number of ether oxygens (including phenoxy) is 3. The molecule has 0 unspecified atom stereocenters. The van der Waals surface area contributed by atoms with Crippen molar-refractivity contribution in [3.05, 3.63) is 58.7 Å². The number of phenols is 1. The fourth-order valence-electron chi connectivity index (χ4n) is 4.68. The van der Waals surface area contributed by atoms with E-state index in [4.69, 9.17) is 14.2 Å². The predicted molar refractivity (Wildman–Crippen MR) is 133 cm³/mol. The molecule has 1 amide bonds. The standard InChI is InChI=1S/C27H32N2O7/c1-4-36-22-16-18(5-8-21(22)30)24-23(25(31)20-7-6-19(34-3)15-17(20)2)26(32)27(33)29(24)10-9-28-11-13-35-14-12-28/h5-8,15-16,24,30-31H,4,9-14H2,1-3H3/t24-/m0/s1. The molecule has 0 spiro atoms. The molecule has 0 bridgehead atoms. The Labute approximate surface area is 210 Å². The van der Waals surface area contributed by atoms with Gasteiger partial charge >= 0.3 is 0 Å². The number of carbonyl (C=O) groups is 2. The van der Waals surface area contributed by atoms with Crippen molar-refractivity contribution in [1.82, 2.24) is 9.80 Å². The highest BCUT2D eigenvalue weighted by Gasteiger charge is 2.46. The molecule has 2 aliphatic rings. The third kappa shape index (κ3) is 5.03. The summed E-state index contributed by atoms with van der Waals surface area (Å²) in [5.74, 6) is -0.858. The number of hydrogen-bond acceptors (Lipinski definition) is 8. The average molecular weight is 497 g/mol. The lowest BCUT2D eigenvalue weighted by Gasteiger charge is -2.31. The maximum absolute atomic E-state index is 13.3. The number of ketones is 1. The molecule has 4 rings (SSSR count). The third-order valence-electron chi connectivity index (χ3n) is 6.59. The summed E-state index contributed by atoms with van der Waals surface area (Å²) >= 11 is 0.